The molecule has 18 heavy (non-hydrogen) atoms. The van der Waals surface area contributed by atoms with Gasteiger partial charge in [0.05, 0.1) is 12.6 Å². The molecule has 1 aliphatic rings. The molecule has 1 saturated heterocycles. The van der Waals surface area contributed by atoms with Crippen molar-refractivity contribution in [2.45, 2.75) is 38.4 Å². The third-order valence-electron chi connectivity index (χ3n) is 3.06. The van der Waals surface area contributed by atoms with Gasteiger partial charge in [-0.1, -0.05) is 6.92 Å². The van der Waals surface area contributed by atoms with Crippen molar-refractivity contribution in [3.63, 3.8) is 0 Å². The maximum absolute atomic E-state index is 12.2. The minimum absolute atomic E-state index is 0.0255. The van der Waals surface area contributed by atoms with Gasteiger partial charge < -0.3 is 20.7 Å². The molecule has 0 aromatic carbocycles. The number of hydrogen-bond acceptors (Lipinski definition) is 4. The largest absolute Gasteiger partial charge is 0.364 e. The average Bonchev–Trinajstić information content (AvgIpc) is 2.85. The van der Waals surface area contributed by atoms with Gasteiger partial charge in [-0.3, -0.25) is 9.59 Å². The monoisotopic (exact) mass is 257 g/mol. The third kappa shape index (κ3) is 3.96. The number of rotatable bonds is 6. The zero-order valence-electron chi connectivity index (χ0n) is 11.1. The van der Waals surface area contributed by atoms with Gasteiger partial charge in [0, 0.05) is 20.1 Å². The highest BCUT2D eigenvalue weighted by Crippen LogP contribution is 2.20. The van der Waals surface area contributed by atoms with Crippen molar-refractivity contribution >= 4 is 11.8 Å². The smallest absolute Gasteiger partial charge is 0.252 e. The van der Waals surface area contributed by atoms with E-state index < -0.39 is 6.10 Å². The van der Waals surface area contributed by atoms with Crippen LogP contribution in [0.2, 0.25) is 0 Å². The van der Waals surface area contributed by atoms with Crippen LogP contribution in [0.5, 0.6) is 0 Å². The Hall–Kier alpha value is -1.14. The highest BCUT2D eigenvalue weighted by atomic mass is 16.5. The molecule has 2 amide bonds. The van der Waals surface area contributed by atoms with Crippen molar-refractivity contribution in [1.82, 2.24) is 10.2 Å². The fourth-order valence-electron chi connectivity index (χ4n) is 2.05. The molecule has 0 aromatic rings. The van der Waals surface area contributed by atoms with Crippen LogP contribution in [0.25, 0.3) is 0 Å². The first-order valence-corrected chi connectivity index (χ1v) is 6.47. The quantitative estimate of drug-likeness (QED) is 0.670. The fourth-order valence-corrected chi connectivity index (χ4v) is 2.05. The van der Waals surface area contributed by atoms with E-state index in [1.165, 1.54) is 0 Å². The number of likely N-dealkylation sites (N-methyl/N-ethyl adjacent to an activating group) is 1. The van der Waals surface area contributed by atoms with Gasteiger partial charge in [-0.15, -0.1) is 0 Å². The summed E-state index contributed by atoms with van der Waals surface area (Å²) >= 11 is 0. The Kier molecular flexibility index (Phi) is 6.07. The Morgan fingerprint density at radius 3 is 2.67 bits per heavy atom. The molecule has 0 aliphatic carbocycles. The van der Waals surface area contributed by atoms with Crippen molar-refractivity contribution in [3.8, 4) is 0 Å². The molecule has 2 atom stereocenters. The summed E-state index contributed by atoms with van der Waals surface area (Å²) in [5.74, 6) is -0.262. The predicted octanol–water partition coefficient (Wildman–Crippen LogP) is -0.523. The lowest BCUT2D eigenvalue weighted by atomic mass is 10.1. The van der Waals surface area contributed by atoms with Crippen LogP contribution in [-0.4, -0.2) is 55.6 Å². The van der Waals surface area contributed by atoms with E-state index in [9.17, 15) is 9.59 Å². The van der Waals surface area contributed by atoms with E-state index in [2.05, 4.69) is 5.32 Å². The summed E-state index contributed by atoms with van der Waals surface area (Å²) in [5, 5.41) is 2.53. The number of nitrogens with two attached hydrogens (primary N) is 1. The third-order valence-corrected chi connectivity index (χ3v) is 3.06. The van der Waals surface area contributed by atoms with E-state index in [1.54, 1.807) is 11.9 Å². The lowest BCUT2D eigenvalue weighted by Crippen LogP contribution is -2.45. The molecule has 104 valence electrons. The van der Waals surface area contributed by atoms with Crippen LogP contribution < -0.4 is 11.1 Å². The topological polar surface area (TPSA) is 84.7 Å². The second kappa shape index (κ2) is 7.33. The molecule has 1 heterocycles. The van der Waals surface area contributed by atoms with Crippen LogP contribution in [0.15, 0.2) is 0 Å². The van der Waals surface area contributed by atoms with E-state index >= 15 is 0 Å². The first-order valence-electron chi connectivity index (χ1n) is 6.47. The maximum atomic E-state index is 12.2. The Labute approximate surface area is 108 Å². The van der Waals surface area contributed by atoms with Crippen LogP contribution in [0.4, 0.5) is 0 Å². The van der Waals surface area contributed by atoms with Crippen molar-refractivity contribution in [1.29, 1.82) is 0 Å². The molecule has 0 unspecified atom stereocenters. The van der Waals surface area contributed by atoms with Crippen LogP contribution in [0, 0.1) is 0 Å². The van der Waals surface area contributed by atoms with Crippen molar-refractivity contribution in [3.05, 3.63) is 0 Å². The van der Waals surface area contributed by atoms with E-state index in [0.717, 1.165) is 12.8 Å². The number of carbonyl (C=O) groups excluding carboxylic acids is 2. The molecular formula is C12H23N3O3. The Bertz CT molecular complexity index is 296. The summed E-state index contributed by atoms with van der Waals surface area (Å²) in [4.78, 5) is 25.2. The molecule has 0 spiro atoms. The average molecular weight is 257 g/mol. The number of carbonyl (C=O) groups is 2. The van der Waals surface area contributed by atoms with Gasteiger partial charge in [0.25, 0.3) is 5.91 Å². The van der Waals surface area contributed by atoms with Crippen molar-refractivity contribution in [2.75, 3.05) is 26.7 Å². The highest BCUT2D eigenvalue weighted by Gasteiger charge is 2.33. The van der Waals surface area contributed by atoms with Crippen LogP contribution in [0.1, 0.15) is 26.2 Å². The number of nitrogens with one attached hydrogen (secondary N) is 1. The van der Waals surface area contributed by atoms with Crippen LogP contribution >= 0.6 is 0 Å². The number of nitrogens with zero attached hydrogens (tertiary/aromatic N) is 1. The SMILES string of the molecule is CCCN(CC(=O)NC)C(=O)[C@@H]1CC[C@H](CN)O1. The molecule has 3 N–H and O–H groups in total. The zero-order valence-corrected chi connectivity index (χ0v) is 11.1. The number of amides is 2. The number of hydrogen-bond donors (Lipinski definition) is 2. The minimum Gasteiger partial charge on any atom is -0.364 e. The molecule has 0 saturated carbocycles. The highest BCUT2D eigenvalue weighted by molar-refractivity contribution is 5.87. The summed E-state index contributed by atoms with van der Waals surface area (Å²) < 4.78 is 5.57. The normalized spacial score (nSPS) is 22.8. The van der Waals surface area contributed by atoms with E-state index in [0.29, 0.717) is 19.5 Å². The minimum atomic E-state index is -0.435. The molecule has 1 aliphatic heterocycles. The Morgan fingerprint density at radius 1 is 1.44 bits per heavy atom. The summed E-state index contributed by atoms with van der Waals surface area (Å²) in [6, 6.07) is 0. The molecule has 6 heteroatoms. The van der Waals surface area contributed by atoms with E-state index in [-0.39, 0.29) is 24.5 Å². The van der Waals surface area contributed by atoms with Gasteiger partial charge in [0.15, 0.2) is 0 Å². The van der Waals surface area contributed by atoms with Crippen molar-refractivity contribution < 1.29 is 14.3 Å². The lowest BCUT2D eigenvalue weighted by Gasteiger charge is -2.24. The first kappa shape index (κ1) is 14.9. The maximum Gasteiger partial charge on any atom is 0.252 e. The Balaban J connectivity index is 2.56. The first-order chi connectivity index (χ1) is 8.62. The molecule has 0 aromatic heterocycles. The van der Waals surface area contributed by atoms with E-state index in [4.69, 9.17) is 10.5 Å². The van der Waals surface area contributed by atoms with Crippen molar-refractivity contribution in [2.24, 2.45) is 5.73 Å². The summed E-state index contributed by atoms with van der Waals surface area (Å²) in [6.07, 6.45) is 1.86. The lowest BCUT2D eigenvalue weighted by molar-refractivity contribution is -0.145. The number of ether oxygens (including phenoxy) is 1. The zero-order chi connectivity index (χ0) is 13.5. The van der Waals surface area contributed by atoms with Crippen LogP contribution in [-0.2, 0) is 14.3 Å². The van der Waals surface area contributed by atoms with Gasteiger partial charge >= 0.3 is 0 Å². The summed E-state index contributed by atoms with van der Waals surface area (Å²) in [7, 11) is 1.56. The van der Waals surface area contributed by atoms with Gasteiger partial charge in [-0.05, 0) is 19.3 Å². The molecule has 0 radical (unpaired) electrons. The van der Waals surface area contributed by atoms with Crippen LogP contribution in [0.3, 0.4) is 0 Å². The van der Waals surface area contributed by atoms with E-state index in [1.807, 2.05) is 6.92 Å². The molecule has 1 fully saturated rings. The second-order valence-corrected chi connectivity index (χ2v) is 4.49. The fraction of sp³-hybridized carbons (Fsp3) is 0.833. The van der Waals surface area contributed by atoms with Gasteiger partial charge in [-0.2, -0.15) is 0 Å². The molecular weight excluding hydrogens is 234 g/mol. The molecule has 1 rings (SSSR count). The summed E-state index contributed by atoms with van der Waals surface area (Å²) in [5.41, 5.74) is 5.52. The van der Waals surface area contributed by atoms with Gasteiger partial charge in [0.1, 0.15) is 6.10 Å². The molecule has 0 bridgehead atoms. The Morgan fingerprint density at radius 2 is 2.17 bits per heavy atom. The summed E-state index contributed by atoms with van der Waals surface area (Å²) in [6.45, 7) is 3.07. The van der Waals surface area contributed by atoms with Gasteiger partial charge in [0.2, 0.25) is 5.91 Å². The second-order valence-electron chi connectivity index (χ2n) is 4.49. The standard InChI is InChI=1S/C12H23N3O3/c1-3-6-15(8-11(16)14-2)12(17)10-5-4-9(7-13)18-10/h9-10H,3-8,13H2,1-2H3,(H,14,16)/t9-,10+/m1/s1. The molecule has 6 nitrogen and oxygen atoms in total. The van der Waals surface area contributed by atoms with Gasteiger partial charge in [-0.25, -0.2) is 0 Å². The predicted molar refractivity (Wildman–Crippen MR) is 67.9 cm³/mol.